The van der Waals surface area contributed by atoms with Crippen LogP contribution in [-0.4, -0.2) is 23.3 Å². The van der Waals surface area contributed by atoms with Crippen LogP contribution in [0.1, 0.15) is 33.8 Å². The number of ether oxygens (including phenoxy) is 1. The minimum Gasteiger partial charge on any atom is -0.465 e. The highest BCUT2D eigenvalue weighted by Gasteiger charge is 2.22. The van der Waals surface area contributed by atoms with E-state index in [1.807, 2.05) is 13.0 Å². The molecule has 0 aliphatic heterocycles. The summed E-state index contributed by atoms with van der Waals surface area (Å²) in [4.78, 5) is 11.8. The van der Waals surface area contributed by atoms with E-state index in [-0.39, 0.29) is 22.2 Å². The molecule has 0 saturated heterocycles. The average molecular weight is 291 g/mol. The van der Waals surface area contributed by atoms with Crippen LogP contribution < -0.4 is 11.1 Å². The van der Waals surface area contributed by atoms with Crippen LogP contribution in [0.15, 0.2) is 12.4 Å². The maximum Gasteiger partial charge on any atom is 0.350 e. The zero-order chi connectivity index (χ0) is 14.7. The summed E-state index contributed by atoms with van der Waals surface area (Å²) in [6.07, 6.45) is 3.43. The molecule has 0 aliphatic rings. The zero-order valence-corrected chi connectivity index (χ0v) is 11.7. The molecular weight excluding hydrogens is 278 g/mol. The lowest BCUT2D eigenvalue weighted by atomic mass is 10.2. The van der Waals surface area contributed by atoms with Crippen LogP contribution in [0.2, 0.25) is 0 Å². The van der Waals surface area contributed by atoms with Gasteiger partial charge in [-0.3, -0.25) is 5.10 Å². The number of thiophene rings is 1. The topological polar surface area (TPSA) is 117 Å². The van der Waals surface area contributed by atoms with Gasteiger partial charge in [0.25, 0.3) is 0 Å². The largest absolute Gasteiger partial charge is 0.465 e. The standard InChI is InChI=1S/C12H13N5O2S/c1-6(7-4-15-16-5-7)17-11-8(3-13)9(14)10(20-11)12(18)19-2/h4-6,17H,14H2,1-2H3,(H,15,16). The number of nitriles is 1. The van der Waals surface area contributed by atoms with Crippen molar-refractivity contribution in [3.05, 3.63) is 28.4 Å². The summed E-state index contributed by atoms with van der Waals surface area (Å²) in [5.41, 5.74) is 7.15. The molecule has 0 fully saturated rings. The van der Waals surface area contributed by atoms with Crippen LogP contribution in [0.4, 0.5) is 10.7 Å². The molecule has 0 bridgehead atoms. The van der Waals surface area contributed by atoms with E-state index in [0.717, 1.165) is 16.9 Å². The smallest absolute Gasteiger partial charge is 0.350 e. The molecule has 2 aromatic heterocycles. The van der Waals surface area contributed by atoms with Crippen molar-refractivity contribution in [1.82, 2.24) is 10.2 Å². The van der Waals surface area contributed by atoms with Crippen molar-refractivity contribution in [2.45, 2.75) is 13.0 Å². The van der Waals surface area contributed by atoms with Crippen LogP contribution >= 0.6 is 11.3 Å². The Morgan fingerprint density at radius 3 is 3.00 bits per heavy atom. The molecule has 2 aromatic rings. The fourth-order valence-corrected chi connectivity index (χ4v) is 2.75. The predicted octanol–water partition coefficient (Wildman–Crippen LogP) is 1.88. The zero-order valence-electron chi connectivity index (χ0n) is 10.9. The molecule has 1 atom stereocenters. The van der Waals surface area contributed by atoms with Gasteiger partial charge in [0.2, 0.25) is 0 Å². The van der Waals surface area contributed by atoms with Crippen LogP contribution in [0.25, 0.3) is 0 Å². The van der Waals surface area contributed by atoms with E-state index in [1.165, 1.54) is 7.11 Å². The van der Waals surface area contributed by atoms with Crippen molar-refractivity contribution < 1.29 is 9.53 Å². The normalized spacial score (nSPS) is 11.7. The Bertz CT molecular complexity index is 656. The van der Waals surface area contributed by atoms with E-state index in [9.17, 15) is 10.1 Å². The highest BCUT2D eigenvalue weighted by atomic mass is 32.1. The first-order valence-corrected chi connectivity index (χ1v) is 6.56. The van der Waals surface area contributed by atoms with Gasteiger partial charge >= 0.3 is 5.97 Å². The van der Waals surface area contributed by atoms with Crippen LogP contribution in [-0.2, 0) is 4.74 Å². The van der Waals surface area contributed by atoms with Gasteiger partial charge in [-0.2, -0.15) is 10.4 Å². The molecule has 7 nitrogen and oxygen atoms in total. The van der Waals surface area contributed by atoms with Gasteiger partial charge in [0, 0.05) is 11.8 Å². The third-order valence-electron chi connectivity index (χ3n) is 2.79. The lowest BCUT2D eigenvalue weighted by Gasteiger charge is -2.11. The second-order valence-corrected chi connectivity index (χ2v) is 5.07. The van der Waals surface area contributed by atoms with E-state index in [0.29, 0.717) is 5.00 Å². The molecule has 0 radical (unpaired) electrons. The average Bonchev–Trinajstić information content (AvgIpc) is 3.06. The Hall–Kier alpha value is -2.53. The van der Waals surface area contributed by atoms with Crippen LogP contribution in [0.3, 0.4) is 0 Å². The molecule has 8 heteroatoms. The van der Waals surface area contributed by atoms with Crippen molar-refractivity contribution in [3.8, 4) is 6.07 Å². The van der Waals surface area contributed by atoms with E-state index in [4.69, 9.17) is 5.73 Å². The van der Waals surface area contributed by atoms with Gasteiger partial charge in [-0.05, 0) is 6.92 Å². The van der Waals surface area contributed by atoms with E-state index in [2.05, 4.69) is 20.3 Å². The van der Waals surface area contributed by atoms with E-state index in [1.54, 1.807) is 12.4 Å². The van der Waals surface area contributed by atoms with Crippen molar-refractivity contribution in [2.24, 2.45) is 0 Å². The quantitative estimate of drug-likeness (QED) is 0.740. The second-order valence-electron chi connectivity index (χ2n) is 4.05. The number of aromatic nitrogens is 2. The molecule has 20 heavy (non-hydrogen) atoms. The molecule has 0 aliphatic carbocycles. The van der Waals surface area contributed by atoms with Gasteiger partial charge in [0.05, 0.1) is 25.0 Å². The number of carbonyl (C=O) groups excluding carboxylic acids is 1. The summed E-state index contributed by atoms with van der Waals surface area (Å²) in [7, 11) is 1.27. The number of hydrogen-bond donors (Lipinski definition) is 3. The molecule has 2 heterocycles. The molecule has 1 unspecified atom stereocenters. The number of anilines is 2. The minimum absolute atomic E-state index is 0.0793. The predicted molar refractivity (Wildman–Crippen MR) is 75.4 cm³/mol. The number of methoxy groups -OCH3 is 1. The summed E-state index contributed by atoms with van der Waals surface area (Å²) in [5, 5.41) is 19.5. The SMILES string of the molecule is COC(=O)c1sc(NC(C)c2cn[nH]c2)c(C#N)c1N. The molecule has 0 spiro atoms. The van der Waals surface area contributed by atoms with Crippen molar-refractivity contribution in [1.29, 1.82) is 5.26 Å². The minimum atomic E-state index is -0.548. The molecule has 0 amide bonds. The number of esters is 1. The first kappa shape index (κ1) is 13.9. The summed E-state index contributed by atoms with van der Waals surface area (Å²) >= 11 is 1.11. The number of rotatable bonds is 4. The van der Waals surface area contributed by atoms with Crippen molar-refractivity contribution in [2.75, 3.05) is 18.2 Å². The van der Waals surface area contributed by atoms with Crippen LogP contribution in [0.5, 0.6) is 0 Å². The Morgan fingerprint density at radius 1 is 1.70 bits per heavy atom. The Morgan fingerprint density at radius 2 is 2.45 bits per heavy atom. The summed E-state index contributed by atoms with van der Waals surface area (Å²) in [5.74, 6) is -0.548. The highest BCUT2D eigenvalue weighted by Crippen LogP contribution is 2.37. The number of carbonyl (C=O) groups is 1. The highest BCUT2D eigenvalue weighted by molar-refractivity contribution is 7.18. The first-order chi connectivity index (χ1) is 9.58. The van der Waals surface area contributed by atoms with Gasteiger partial charge in [0.1, 0.15) is 21.5 Å². The number of nitrogens with one attached hydrogen (secondary N) is 2. The maximum atomic E-state index is 11.6. The van der Waals surface area contributed by atoms with Crippen LogP contribution in [0, 0.1) is 11.3 Å². The lowest BCUT2D eigenvalue weighted by molar-refractivity contribution is 0.0607. The second kappa shape index (κ2) is 5.63. The lowest BCUT2D eigenvalue weighted by Crippen LogP contribution is -2.05. The number of aromatic amines is 1. The molecular formula is C12H13N5O2S. The molecule has 104 valence electrons. The van der Waals surface area contributed by atoms with E-state index < -0.39 is 5.97 Å². The monoisotopic (exact) mass is 291 g/mol. The fraction of sp³-hybridized carbons (Fsp3) is 0.250. The molecule has 0 aromatic carbocycles. The molecule has 4 N–H and O–H groups in total. The number of hydrogen-bond acceptors (Lipinski definition) is 7. The van der Waals surface area contributed by atoms with Gasteiger partial charge in [-0.25, -0.2) is 4.79 Å². The Kier molecular flexibility index (Phi) is 3.91. The fourth-order valence-electron chi connectivity index (χ4n) is 1.68. The third-order valence-corrected chi connectivity index (χ3v) is 3.91. The van der Waals surface area contributed by atoms with Crippen molar-refractivity contribution in [3.63, 3.8) is 0 Å². The third kappa shape index (κ3) is 2.44. The summed E-state index contributed by atoms with van der Waals surface area (Å²) in [6, 6.07) is 1.93. The number of nitrogen functional groups attached to an aromatic ring is 1. The number of H-pyrrole nitrogens is 1. The molecule has 2 rings (SSSR count). The Balaban J connectivity index is 2.32. The Labute approximate surface area is 119 Å². The van der Waals surface area contributed by atoms with E-state index >= 15 is 0 Å². The molecule has 0 saturated carbocycles. The van der Waals surface area contributed by atoms with Gasteiger partial charge < -0.3 is 15.8 Å². The van der Waals surface area contributed by atoms with Gasteiger partial charge in [-0.15, -0.1) is 11.3 Å². The van der Waals surface area contributed by atoms with Gasteiger partial charge in [0.15, 0.2) is 0 Å². The van der Waals surface area contributed by atoms with Gasteiger partial charge in [-0.1, -0.05) is 0 Å². The number of nitrogens with two attached hydrogens (primary N) is 1. The summed E-state index contributed by atoms with van der Waals surface area (Å²) < 4.78 is 4.65. The van der Waals surface area contributed by atoms with Crippen molar-refractivity contribution >= 4 is 28.0 Å². The first-order valence-electron chi connectivity index (χ1n) is 5.74. The summed E-state index contributed by atoms with van der Waals surface area (Å²) in [6.45, 7) is 1.92. The maximum absolute atomic E-state index is 11.6. The number of nitrogens with zero attached hydrogens (tertiary/aromatic N) is 2.